The second kappa shape index (κ2) is 12.2. The van der Waals surface area contributed by atoms with Gasteiger partial charge in [0.15, 0.2) is 0 Å². The fourth-order valence-electron chi connectivity index (χ4n) is 4.49. The van der Waals surface area contributed by atoms with Gasteiger partial charge in [0.2, 0.25) is 0 Å². The highest BCUT2D eigenvalue weighted by atomic mass is 19.4. The van der Waals surface area contributed by atoms with E-state index in [0.29, 0.717) is 35.2 Å². The van der Waals surface area contributed by atoms with E-state index in [1.54, 1.807) is 29.2 Å². The molecule has 4 rings (SSSR count). The molecule has 1 atom stereocenters. The van der Waals surface area contributed by atoms with Crippen LogP contribution in [0.4, 0.5) is 36.1 Å². The zero-order valence-electron chi connectivity index (χ0n) is 22.3. The monoisotopic (exact) mass is 571 g/mol. The maximum absolute atomic E-state index is 12.7. The molecule has 0 amide bonds. The Morgan fingerprint density at radius 3 is 2.32 bits per heavy atom. The van der Waals surface area contributed by atoms with Gasteiger partial charge in [0.05, 0.1) is 5.52 Å². The molecule has 0 spiro atoms. The SMILES string of the molecule is CCCN(CCC)c1c(N[C@@H](Cc2ccc(Nc3ncnc4ccc(OC(F)(F)F)cc34)cc2)C(=O)O)c(=O)c1=O. The van der Waals surface area contributed by atoms with Crippen molar-refractivity contribution >= 4 is 39.8 Å². The van der Waals surface area contributed by atoms with E-state index < -0.39 is 35.0 Å². The van der Waals surface area contributed by atoms with Crippen LogP contribution in [-0.4, -0.2) is 46.5 Å². The number of carbonyl (C=O) groups is 1. The molecule has 10 nitrogen and oxygen atoms in total. The van der Waals surface area contributed by atoms with Crippen LogP contribution in [0.5, 0.6) is 5.75 Å². The summed E-state index contributed by atoms with van der Waals surface area (Å²) in [6.45, 7) is 5.04. The van der Waals surface area contributed by atoms with Gasteiger partial charge < -0.3 is 25.4 Å². The van der Waals surface area contributed by atoms with Crippen molar-refractivity contribution < 1.29 is 27.8 Å². The van der Waals surface area contributed by atoms with Crippen molar-refractivity contribution in [3.63, 3.8) is 0 Å². The van der Waals surface area contributed by atoms with Crippen molar-refractivity contribution in [2.24, 2.45) is 0 Å². The molecule has 41 heavy (non-hydrogen) atoms. The summed E-state index contributed by atoms with van der Waals surface area (Å²) >= 11 is 0. The van der Waals surface area contributed by atoms with Crippen molar-refractivity contribution in [3.05, 3.63) is 74.8 Å². The van der Waals surface area contributed by atoms with Crippen molar-refractivity contribution in [3.8, 4) is 5.75 Å². The van der Waals surface area contributed by atoms with Gasteiger partial charge in [-0.3, -0.25) is 9.59 Å². The second-order valence-corrected chi connectivity index (χ2v) is 9.38. The van der Waals surface area contributed by atoms with Crippen molar-refractivity contribution in [2.45, 2.75) is 45.5 Å². The third-order valence-electron chi connectivity index (χ3n) is 6.30. The number of halogens is 3. The maximum atomic E-state index is 12.7. The summed E-state index contributed by atoms with van der Waals surface area (Å²) in [6.07, 6.45) is -2.05. The first-order chi connectivity index (χ1) is 19.5. The van der Waals surface area contributed by atoms with Crippen LogP contribution in [0.2, 0.25) is 0 Å². The fourth-order valence-corrected chi connectivity index (χ4v) is 4.49. The standard InChI is InChI=1S/C28H28F3N5O5/c1-3-11-36(12-4-2)23-22(24(37)25(23)38)35-21(27(39)40)13-16-5-7-17(8-6-16)34-26-19-14-18(41-28(29,30)31)9-10-20(19)32-15-33-26/h5-10,14-15,21,35H,3-4,11-13H2,1-2H3,(H,39,40)(H,32,33,34)/t21-/m0/s1. The average molecular weight is 572 g/mol. The summed E-state index contributed by atoms with van der Waals surface area (Å²) < 4.78 is 42.0. The van der Waals surface area contributed by atoms with Gasteiger partial charge in [-0.25, -0.2) is 14.8 Å². The average Bonchev–Trinajstić information content (AvgIpc) is 2.92. The van der Waals surface area contributed by atoms with Crippen LogP contribution in [0.25, 0.3) is 10.9 Å². The molecule has 3 aromatic carbocycles. The molecule has 0 aliphatic rings. The van der Waals surface area contributed by atoms with E-state index in [9.17, 15) is 32.7 Å². The fraction of sp³-hybridized carbons (Fsp3) is 0.321. The molecule has 0 bridgehead atoms. The minimum absolute atomic E-state index is 0.0179. The Balaban J connectivity index is 1.50. The molecular weight excluding hydrogens is 543 g/mol. The van der Waals surface area contributed by atoms with Gasteiger partial charge in [0, 0.05) is 30.6 Å². The molecule has 0 aliphatic heterocycles. The van der Waals surface area contributed by atoms with Gasteiger partial charge >= 0.3 is 12.3 Å². The molecule has 0 radical (unpaired) electrons. The minimum atomic E-state index is -4.85. The third kappa shape index (κ3) is 6.91. The number of nitrogens with zero attached hydrogens (tertiary/aromatic N) is 3. The smallest absolute Gasteiger partial charge is 0.480 e. The van der Waals surface area contributed by atoms with E-state index in [0.717, 1.165) is 18.9 Å². The highest BCUT2D eigenvalue weighted by Crippen LogP contribution is 2.30. The molecule has 0 fully saturated rings. The number of fused-ring (bicyclic) bond motifs is 1. The highest BCUT2D eigenvalue weighted by Gasteiger charge is 2.31. The summed E-state index contributed by atoms with van der Waals surface area (Å²) in [5, 5.41) is 15.9. The molecular formula is C28H28F3N5O5. The number of hydrogen-bond acceptors (Lipinski definition) is 9. The van der Waals surface area contributed by atoms with Gasteiger partial charge in [0.1, 0.15) is 35.3 Å². The molecule has 0 aliphatic carbocycles. The Hall–Kier alpha value is -4.68. The number of hydrogen-bond donors (Lipinski definition) is 3. The summed E-state index contributed by atoms with van der Waals surface area (Å²) in [4.78, 5) is 46.7. The van der Waals surface area contributed by atoms with Gasteiger partial charge in [-0.2, -0.15) is 0 Å². The summed E-state index contributed by atoms with van der Waals surface area (Å²) in [5.74, 6) is -1.35. The Morgan fingerprint density at radius 1 is 1.02 bits per heavy atom. The van der Waals surface area contributed by atoms with Crippen molar-refractivity contribution in [1.29, 1.82) is 0 Å². The second-order valence-electron chi connectivity index (χ2n) is 9.38. The number of anilines is 4. The van der Waals surface area contributed by atoms with Crippen LogP contribution in [0.1, 0.15) is 32.3 Å². The van der Waals surface area contributed by atoms with E-state index in [1.807, 2.05) is 13.8 Å². The van der Waals surface area contributed by atoms with Crippen LogP contribution < -0.4 is 31.1 Å². The molecule has 0 unspecified atom stereocenters. The van der Waals surface area contributed by atoms with Crippen LogP contribution in [-0.2, 0) is 11.2 Å². The largest absolute Gasteiger partial charge is 0.573 e. The lowest BCUT2D eigenvalue weighted by Gasteiger charge is -2.28. The Morgan fingerprint density at radius 2 is 1.71 bits per heavy atom. The molecule has 1 aromatic heterocycles. The van der Waals surface area contributed by atoms with Crippen LogP contribution in [0, 0.1) is 0 Å². The number of rotatable bonds is 13. The first kappa shape index (κ1) is 29.3. The number of alkyl halides is 3. The highest BCUT2D eigenvalue weighted by molar-refractivity contribution is 5.91. The van der Waals surface area contributed by atoms with E-state index in [1.165, 1.54) is 18.5 Å². The summed E-state index contributed by atoms with van der Waals surface area (Å²) in [6, 6.07) is 9.22. The van der Waals surface area contributed by atoms with Crippen LogP contribution in [0.15, 0.2) is 58.4 Å². The summed E-state index contributed by atoms with van der Waals surface area (Å²) in [7, 11) is 0. The van der Waals surface area contributed by atoms with Crippen molar-refractivity contribution in [2.75, 3.05) is 28.6 Å². The van der Waals surface area contributed by atoms with Crippen LogP contribution >= 0.6 is 0 Å². The topological polar surface area (TPSA) is 134 Å². The number of carboxylic acids is 1. The van der Waals surface area contributed by atoms with E-state index >= 15 is 0 Å². The molecule has 13 heteroatoms. The lowest BCUT2D eigenvalue weighted by molar-refractivity contribution is -0.274. The van der Waals surface area contributed by atoms with Crippen LogP contribution in [0.3, 0.4) is 0 Å². The normalized spacial score (nSPS) is 12.3. The van der Waals surface area contributed by atoms with E-state index in [4.69, 9.17) is 0 Å². The van der Waals surface area contributed by atoms with Gasteiger partial charge in [0.25, 0.3) is 10.9 Å². The lowest BCUT2D eigenvalue weighted by atomic mass is 10.0. The van der Waals surface area contributed by atoms with E-state index in [2.05, 4.69) is 25.3 Å². The predicted octanol–water partition coefficient (Wildman–Crippen LogP) is 4.60. The molecule has 0 saturated heterocycles. The quantitative estimate of drug-likeness (QED) is 0.196. The number of aliphatic carboxylic acids is 1. The molecule has 1 heterocycles. The Labute approximate surface area is 232 Å². The van der Waals surface area contributed by atoms with Gasteiger partial charge in [-0.15, -0.1) is 13.2 Å². The molecule has 3 N–H and O–H groups in total. The molecule has 4 aromatic rings. The first-order valence-electron chi connectivity index (χ1n) is 12.9. The number of benzene rings is 2. The number of nitrogens with one attached hydrogen (secondary N) is 2. The van der Waals surface area contributed by atoms with E-state index in [-0.39, 0.29) is 23.6 Å². The van der Waals surface area contributed by atoms with Crippen molar-refractivity contribution in [1.82, 2.24) is 9.97 Å². The number of aromatic nitrogens is 2. The maximum Gasteiger partial charge on any atom is 0.573 e. The Kier molecular flexibility index (Phi) is 8.74. The number of carboxylic acid groups (broad SMARTS) is 1. The summed E-state index contributed by atoms with van der Waals surface area (Å²) in [5.41, 5.74) is 0.459. The molecule has 0 saturated carbocycles. The third-order valence-corrected chi connectivity index (χ3v) is 6.30. The number of ether oxygens (including phenoxy) is 1. The van der Waals surface area contributed by atoms with Gasteiger partial charge in [-0.1, -0.05) is 26.0 Å². The van der Waals surface area contributed by atoms with Gasteiger partial charge in [-0.05, 0) is 48.7 Å². The lowest BCUT2D eigenvalue weighted by Crippen LogP contribution is -2.46. The first-order valence-corrected chi connectivity index (χ1v) is 12.9. The zero-order chi connectivity index (χ0) is 29.7. The predicted molar refractivity (Wildman–Crippen MR) is 149 cm³/mol. The zero-order valence-corrected chi connectivity index (χ0v) is 22.3. The Bertz CT molecular complexity index is 1590. The molecule has 216 valence electrons. The minimum Gasteiger partial charge on any atom is -0.480 e.